The molecule has 0 fully saturated rings. The molecule has 0 saturated heterocycles. The predicted octanol–water partition coefficient (Wildman–Crippen LogP) is 2.76. The average Bonchev–Trinajstić information content (AvgIpc) is 2.66. The second kappa shape index (κ2) is 6.50. The fourth-order valence-electron chi connectivity index (χ4n) is 1.51. The second-order valence-corrected chi connectivity index (χ2v) is 9.91. The molecule has 18 heavy (non-hydrogen) atoms. The van der Waals surface area contributed by atoms with Crippen LogP contribution in [0.4, 0.5) is 5.82 Å². The zero-order valence-corrected chi connectivity index (χ0v) is 13.0. The number of anilines is 1. The van der Waals surface area contributed by atoms with Crippen LogP contribution in [0.1, 0.15) is 5.56 Å². The molecule has 0 aliphatic heterocycles. The molecule has 0 aromatic carbocycles. The molecule has 2 N–H and O–H groups in total. The van der Waals surface area contributed by atoms with Crippen molar-refractivity contribution in [3.05, 3.63) is 17.8 Å². The third-order valence-electron chi connectivity index (χ3n) is 2.51. The van der Waals surface area contributed by atoms with E-state index in [4.69, 9.17) is 21.7 Å². The van der Waals surface area contributed by atoms with Crippen molar-refractivity contribution in [3.63, 3.8) is 0 Å². The van der Waals surface area contributed by atoms with Crippen molar-refractivity contribution in [2.75, 3.05) is 43.5 Å². The number of rotatable bonds is 7. The van der Waals surface area contributed by atoms with Crippen LogP contribution in [0.15, 0.2) is 12.3 Å². The van der Waals surface area contributed by atoms with Crippen LogP contribution in [0.2, 0.25) is 0 Å². The van der Waals surface area contributed by atoms with E-state index in [-0.39, 0.29) is 5.17 Å². The summed E-state index contributed by atoms with van der Waals surface area (Å²) in [4.78, 5) is 0. The predicted molar refractivity (Wildman–Crippen MR) is 82.8 cm³/mol. The molecule has 0 amide bonds. The Labute approximate surface area is 115 Å². The van der Waals surface area contributed by atoms with E-state index in [1.165, 1.54) is 0 Å². The lowest BCUT2D eigenvalue weighted by Crippen LogP contribution is -2.11. The van der Waals surface area contributed by atoms with E-state index in [0.29, 0.717) is 12.3 Å². The lowest BCUT2D eigenvalue weighted by Gasteiger charge is -2.24. The summed E-state index contributed by atoms with van der Waals surface area (Å²) in [5.74, 6) is 1.92. The topological polar surface area (TPSA) is 50.0 Å². The summed E-state index contributed by atoms with van der Waals surface area (Å²) in [6, 6.07) is 1.82. The maximum atomic E-state index is 7.46. The summed E-state index contributed by atoms with van der Waals surface area (Å²) in [5, 5.41) is 10.5. The summed E-state index contributed by atoms with van der Waals surface area (Å²) in [7, 11) is 1.31. The first kappa shape index (κ1) is 15.4. The van der Waals surface area contributed by atoms with Gasteiger partial charge in [0.1, 0.15) is 17.7 Å². The highest BCUT2D eigenvalue weighted by Gasteiger charge is 2.10. The molecule has 4 nitrogen and oxygen atoms in total. The van der Waals surface area contributed by atoms with E-state index in [2.05, 4.69) is 24.1 Å². The average molecular weight is 292 g/mol. The van der Waals surface area contributed by atoms with E-state index in [1.54, 1.807) is 0 Å². The summed E-state index contributed by atoms with van der Waals surface area (Å²) in [6.07, 6.45) is 8.70. The molecular weight excluding hydrogens is 270 g/mol. The maximum absolute atomic E-state index is 7.46. The first-order valence-corrected chi connectivity index (χ1v) is 9.10. The third-order valence-corrected chi connectivity index (χ3v) is 4.10. The highest BCUT2D eigenvalue weighted by molar-refractivity contribution is 8.32. The largest absolute Gasteiger partial charge is 0.374 e. The molecule has 1 aromatic rings. The van der Waals surface area contributed by atoms with E-state index in [0.717, 1.165) is 18.2 Å². The van der Waals surface area contributed by atoms with Gasteiger partial charge < -0.3 is 14.6 Å². The summed E-state index contributed by atoms with van der Waals surface area (Å²) >= 11 is 5.71. The summed E-state index contributed by atoms with van der Waals surface area (Å²) in [6.45, 7) is 1.24. The second-order valence-electron chi connectivity index (χ2n) is 4.94. The Morgan fingerprint density at radius 3 is 2.67 bits per heavy atom. The summed E-state index contributed by atoms with van der Waals surface area (Å²) < 4.78 is 7.58. The molecule has 0 aliphatic rings. The van der Waals surface area contributed by atoms with E-state index in [1.807, 2.05) is 23.9 Å². The molecule has 1 rings (SSSR count). The number of hydrogen-bond donors (Lipinski definition) is 2. The third kappa shape index (κ3) is 4.55. The molecule has 0 atom stereocenters. The van der Waals surface area contributed by atoms with Gasteiger partial charge in [-0.05, 0) is 24.8 Å². The Balaban J connectivity index is 2.55. The van der Waals surface area contributed by atoms with Crippen molar-refractivity contribution in [2.24, 2.45) is 0 Å². The molecule has 1 aromatic heterocycles. The molecule has 0 saturated carbocycles. The van der Waals surface area contributed by atoms with Crippen LogP contribution >= 0.6 is 21.6 Å². The molecule has 0 bridgehead atoms. The van der Waals surface area contributed by atoms with Crippen molar-refractivity contribution in [1.29, 1.82) is 5.41 Å². The van der Waals surface area contributed by atoms with Gasteiger partial charge in [-0.3, -0.25) is 5.41 Å². The Morgan fingerprint density at radius 2 is 2.17 bits per heavy atom. The van der Waals surface area contributed by atoms with Gasteiger partial charge in [0.15, 0.2) is 0 Å². The van der Waals surface area contributed by atoms with Crippen molar-refractivity contribution < 1.29 is 4.74 Å². The number of nitrogens with zero attached hydrogens (tertiary/aromatic N) is 1. The molecule has 104 valence electrons. The van der Waals surface area contributed by atoms with Crippen LogP contribution in [0, 0.1) is 5.41 Å². The normalized spacial score (nSPS) is 12.5. The number of nitrogens with one attached hydrogen (secondary N) is 2. The zero-order valence-electron chi connectivity index (χ0n) is 11.4. The molecule has 0 spiro atoms. The number of ether oxygens (including phenoxy) is 1. The van der Waals surface area contributed by atoms with Crippen molar-refractivity contribution in [2.45, 2.75) is 6.73 Å². The van der Waals surface area contributed by atoms with Gasteiger partial charge in [-0.15, -0.1) is 0 Å². The van der Waals surface area contributed by atoms with Crippen LogP contribution in [-0.2, 0) is 11.5 Å². The fraction of sp³-hybridized carbons (Fsp3) is 0.583. The zero-order chi connectivity index (χ0) is 13.8. The first-order valence-electron chi connectivity index (χ1n) is 5.70. The van der Waals surface area contributed by atoms with Crippen LogP contribution < -0.4 is 5.32 Å². The molecule has 0 aliphatic carbocycles. The molecule has 0 unspecified atom stereocenters. The van der Waals surface area contributed by atoms with Gasteiger partial charge in [0.25, 0.3) is 0 Å². The van der Waals surface area contributed by atoms with Crippen LogP contribution in [0.5, 0.6) is 0 Å². The van der Waals surface area contributed by atoms with Gasteiger partial charge in [-0.25, -0.2) is 10.0 Å². The van der Waals surface area contributed by atoms with Gasteiger partial charge in [-0.1, -0.05) is 11.6 Å². The molecule has 6 heteroatoms. The Hall–Kier alpha value is -0.650. The smallest absolute Gasteiger partial charge is 0.131 e. The maximum Gasteiger partial charge on any atom is 0.131 e. The van der Waals surface area contributed by atoms with E-state index >= 15 is 0 Å². The Kier molecular flexibility index (Phi) is 5.56. The Morgan fingerprint density at radius 1 is 1.50 bits per heavy atom. The first-order chi connectivity index (χ1) is 8.35. The van der Waals surface area contributed by atoms with Crippen LogP contribution in [-0.4, -0.2) is 47.9 Å². The lowest BCUT2D eigenvalue weighted by atomic mass is 10.3. The van der Waals surface area contributed by atoms with E-state index < -0.39 is 10.0 Å². The minimum atomic E-state index is -0.508. The van der Waals surface area contributed by atoms with Crippen LogP contribution in [0.3, 0.4) is 0 Å². The van der Waals surface area contributed by atoms with Crippen LogP contribution in [0.25, 0.3) is 0 Å². The van der Waals surface area contributed by atoms with Gasteiger partial charge in [0, 0.05) is 19.0 Å². The van der Waals surface area contributed by atoms with Crippen molar-refractivity contribution in [3.8, 4) is 0 Å². The molecule has 1 heterocycles. The van der Waals surface area contributed by atoms with Gasteiger partial charge in [0.05, 0.1) is 12.2 Å². The number of hydrogen-bond acceptors (Lipinski definition) is 3. The van der Waals surface area contributed by atoms with Gasteiger partial charge in [0.2, 0.25) is 0 Å². The van der Waals surface area contributed by atoms with Crippen molar-refractivity contribution >= 4 is 32.6 Å². The molecular formula is C12H22ClN3OS. The highest BCUT2D eigenvalue weighted by atomic mass is 35.5. The fourth-order valence-corrected chi connectivity index (χ4v) is 2.28. The minimum Gasteiger partial charge on any atom is -0.374 e. The lowest BCUT2D eigenvalue weighted by molar-refractivity contribution is 0.0912. The monoisotopic (exact) mass is 291 g/mol. The summed E-state index contributed by atoms with van der Waals surface area (Å²) in [5.41, 5.74) is 0.698. The Bertz CT molecular complexity index is 412. The van der Waals surface area contributed by atoms with Gasteiger partial charge >= 0.3 is 0 Å². The highest BCUT2D eigenvalue weighted by Crippen LogP contribution is 2.33. The van der Waals surface area contributed by atoms with Crippen molar-refractivity contribution in [1.82, 2.24) is 4.57 Å². The molecule has 0 radical (unpaired) electrons. The number of halogens is 1. The van der Waals surface area contributed by atoms with Gasteiger partial charge in [-0.2, -0.15) is 0 Å². The quantitative estimate of drug-likeness (QED) is 0.599. The number of aromatic nitrogens is 1. The van der Waals surface area contributed by atoms with E-state index in [9.17, 15) is 0 Å². The SMILES string of the molecule is CNc1c(C(=N)Cl)ccn1COCCS(C)(C)C. The minimum absolute atomic E-state index is 0.0391. The standard InChI is InChI=1S/C12H22ClN3OS/c1-15-12-10(11(13)14)5-6-16(12)9-17-7-8-18(2,3)4/h5-6,14-15H,7-9H2,1-4H3.